The van der Waals surface area contributed by atoms with Crippen molar-refractivity contribution < 1.29 is 14.3 Å². The molecule has 0 spiro atoms. The highest BCUT2D eigenvalue weighted by atomic mass is 79.9. The highest BCUT2D eigenvalue weighted by molar-refractivity contribution is 9.10. The summed E-state index contributed by atoms with van der Waals surface area (Å²) < 4.78 is 10.9. The van der Waals surface area contributed by atoms with E-state index in [0.717, 1.165) is 28.8 Å². The lowest BCUT2D eigenvalue weighted by molar-refractivity contribution is -0.142. The zero-order chi connectivity index (χ0) is 13.1. The summed E-state index contributed by atoms with van der Waals surface area (Å²) in [5, 5.41) is 3.23. The van der Waals surface area contributed by atoms with Crippen molar-refractivity contribution in [1.29, 1.82) is 0 Å². The van der Waals surface area contributed by atoms with Crippen molar-refractivity contribution in [3.8, 4) is 5.75 Å². The molecule has 1 aliphatic rings. The first-order valence-electron chi connectivity index (χ1n) is 5.83. The number of benzene rings is 1. The van der Waals surface area contributed by atoms with Crippen molar-refractivity contribution in [3.63, 3.8) is 0 Å². The zero-order valence-electron chi connectivity index (χ0n) is 10.4. The number of hydrogen-bond acceptors (Lipinski definition) is 4. The molecule has 4 nitrogen and oxygen atoms in total. The number of nitrogens with one attached hydrogen (secondary N) is 1. The summed E-state index contributed by atoms with van der Waals surface area (Å²) in [6.45, 7) is 0. The second kappa shape index (κ2) is 5.61. The number of halogens is 1. The van der Waals surface area contributed by atoms with E-state index in [1.54, 1.807) is 7.11 Å². The Kier molecular flexibility index (Phi) is 4.11. The topological polar surface area (TPSA) is 47.6 Å². The molecule has 1 unspecified atom stereocenters. The molecule has 0 aromatic heterocycles. The fourth-order valence-corrected chi connectivity index (χ4v) is 2.20. The van der Waals surface area contributed by atoms with Gasteiger partial charge in [-0.25, -0.2) is 4.79 Å². The third-order valence-electron chi connectivity index (χ3n) is 3.03. The van der Waals surface area contributed by atoms with Gasteiger partial charge in [-0.05, 0) is 46.8 Å². The van der Waals surface area contributed by atoms with Gasteiger partial charge in [0.05, 0.1) is 19.9 Å². The molecule has 1 aliphatic carbocycles. The molecule has 98 valence electrons. The van der Waals surface area contributed by atoms with Gasteiger partial charge in [0.1, 0.15) is 11.8 Å². The van der Waals surface area contributed by atoms with E-state index in [2.05, 4.69) is 21.2 Å². The van der Waals surface area contributed by atoms with Gasteiger partial charge in [-0.2, -0.15) is 0 Å². The molecule has 0 aliphatic heterocycles. The minimum absolute atomic E-state index is 0.216. The van der Waals surface area contributed by atoms with Crippen LogP contribution in [0.1, 0.15) is 12.8 Å². The number of esters is 1. The molecule has 1 N–H and O–H groups in total. The molecular formula is C13H16BrNO3. The number of hydrogen-bond donors (Lipinski definition) is 1. The van der Waals surface area contributed by atoms with Gasteiger partial charge in [0.25, 0.3) is 0 Å². The number of ether oxygens (including phenoxy) is 2. The van der Waals surface area contributed by atoms with Gasteiger partial charge in [0.15, 0.2) is 0 Å². The summed E-state index contributed by atoms with van der Waals surface area (Å²) in [6, 6.07) is 5.34. The molecule has 5 heteroatoms. The molecule has 1 atom stereocenters. The maximum atomic E-state index is 11.7. The van der Waals surface area contributed by atoms with E-state index < -0.39 is 0 Å². The Morgan fingerprint density at radius 1 is 1.44 bits per heavy atom. The smallest absolute Gasteiger partial charge is 0.328 e. The molecule has 0 saturated heterocycles. The van der Waals surface area contributed by atoms with Crippen molar-refractivity contribution >= 4 is 27.6 Å². The van der Waals surface area contributed by atoms with Crippen LogP contribution in [0.25, 0.3) is 0 Å². The Labute approximate surface area is 115 Å². The minimum Gasteiger partial charge on any atom is -0.497 e. The molecule has 0 heterocycles. The Bertz CT molecular complexity index is 446. The van der Waals surface area contributed by atoms with Gasteiger partial charge < -0.3 is 14.8 Å². The van der Waals surface area contributed by atoms with Gasteiger partial charge in [0.2, 0.25) is 0 Å². The highest BCUT2D eigenvalue weighted by Gasteiger charge is 2.37. The van der Waals surface area contributed by atoms with Gasteiger partial charge in [-0.15, -0.1) is 0 Å². The van der Waals surface area contributed by atoms with Crippen LogP contribution in [0.2, 0.25) is 0 Å². The SMILES string of the molecule is COC(=O)C(Nc1cc(OC)ccc1Br)C1CC1. The largest absolute Gasteiger partial charge is 0.497 e. The van der Waals surface area contributed by atoms with Crippen LogP contribution in [0.15, 0.2) is 22.7 Å². The lowest BCUT2D eigenvalue weighted by Gasteiger charge is -2.18. The summed E-state index contributed by atoms with van der Waals surface area (Å²) in [7, 11) is 3.03. The summed E-state index contributed by atoms with van der Waals surface area (Å²) in [5.41, 5.74) is 0.844. The molecule has 0 radical (unpaired) electrons. The lowest BCUT2D eigenvalue weighted by Crippen LogP contribution is -2.32. The first-order valence-corrected chi connectivity index (χ1v) is 6.63. The van der Waals surface area contributed by atoms with Crippen molar-refractivity contribution in [2.45, 2.75) is 18.9 Å². The van der Waals surface area contributed by atoms with E-state index in [1.807, 2.05) is 18.2 Å². The Hall–Kier alpha value is -1.23. The van der Waals surface area contributed by atoms with Crippen LogP contribution in [0.5, 0.6) is 5.75 Å². The standard InChI is InChI=1S/C13H16BrNO3/c1-17-9-5-6-10(14)11(7-9)15-12(8-3-4-8)13(16)18-2/h5-8,12,15H,3-4H2,1-2H3. The third kappa shape index (κ3) is 2.96. The summed E-state index contributed by atoms with van der Waals surface area (Å²) in [4.78, 5) is 11.7. The molecule has 0 bridgehead atoms. The van der Waals surface area contributed by atoms with Gasteiger partial charge in [0, 0.05) is 10.5 Å². The maximum Gasteiger partial charge on any atom is 0.328 e. The van der Waals surface area contributed by atoms with Crippen molar-refractivity contribution in [2.75, 3.05) is 19.5 Å². The van der Waals surface area contributed by atoms with Crippen molar-refractivity contribution in [3.05, 3.63) is 22.7 Å². The first-order chi connectivity index (χ1) is 8.65. The van der Waals surface area contributed by atoms with Gasteiger partial charge in [-0.3, -0.25) is 0 Å². The molecule has 1 aromatic rings. The Morgan fingerprint density at radius 2 is 2.17 bits per heavy atom. The van der Waals surface area contributed by atoms with Crippen LogP contribution in [0.3, 0.4) is 0 Å². The number of carbonyl (C=O) groups is 1. The fourth-order valence-electron chi connectivity index (χ4n) is 1.84. The quantitative estimate of drug-likeness (QED) is 0.849. The highest BCUT2D eigenvalue weighted by Crippen LogP contribution is 2.36. The second-order valence-electron chi connectivity index (χ2n) is 4.33. The predicted molar refractivity (Wildman–Crippen MR) is 72.8 cm³/mol. The van der Waals surface area contributed by atoms with E-state index in [1.165, 1.54) is 7.11 Å². The molecular weight excluding hydrogens is 298 g/mol. The van der Waals surface area contributed by atoms with Gasteiger partial charge >= 0.3 is 5.97 Å². The summed E-state index contributed by atoms with van der Waals surface area (Å²) in [6.07, 6.45) is 2.13. The van der Waals surface area contributed by atoms with E-state index in [0.29, 0.717) is 5.92 Å². The van der Waals surface area contributed by atoms with Crippen molar-refractivity contribution in [2.24, 2.45) is 5.92 Å². The van der Waals surface area contributed by atoms with E-state index in [9.17, 15) is 4.79 Å². The normalized spacial score (nSPS) is 15.9. The fraction of sp³-hybridized carbons (Fsp3) is 0.462. The summed E-state index contributed by atoms with van der Waals surface area (Å²) >= 11 is 3.46. The molecule has 1 aromatic carbocycles. The van der Waals surface area contributed by atoms with E-state index >= 15 is 0 Å². The Morgan fingerprint density at radius 3 is 2.72 bits per heavy atom. The van der Waals surface area contributed by atoms with E-state index in [-0.39, 0.29) is 12.0 Å². The maximum absolute atomic E-state index is 11.7. The van der Waals surface area contributed by atoms with Crippen molar-refractivity contribution in [1.82, 2.24) is 0 Å². The zero-order valence-corrected chi connectivity index (χ0v) is 12.0. The predicted octanol–water partition coefficient (Wildman–Crippen LogP) is 2.82. The monoisotopic (exact) mass is 313 g/mol. The first kappa shape index (κ1) is 13.2. The molecule has 18 heavy (non-hydrogen) atoms. The van der Waals surface area contributed by atoms with Crippen LogP contribution in [0, 0.1) is 5.92 Å². The van der Waals surface area contributed by atoms with Crippen LogP contribution < -0.4 is 10.1 Å². The van der Waals surface area contributed by atoms with Crippen LogP contribution in [-0.4, -0.2) is 26.2 Å². The minimum atomic E-state index is -0.279. The number of anilines is 1. The van der Waals surface area contributed by atoms with Gasteiger partial charge in [-0.1, -0.05) is 0 Å². The van der Waals surface area contributed by atoms with Crippen LogP contribution in [0.4, 0.5) is 5.69 Å². The molecule has 1 saturated carbocycles. The van der Waals surface area contributed by atoms with E-state index in [4.69, 9.17) is 9.47 Å². The summed E-state index contributed by atoms with van der Waals surface area (Å²) in [5.74, 6) is 0.905. The average Bonchev–Trinajstić information content (AvgIpc) is 3.21. The van der Waals surface area contributed by atoms with Crippen LogP contribution in [-0.2, 0) is 9.53 Å². The van der Waals surface area contributed by atoms with Crippen LogP contribution >= 0.6 is 15.9 Å². The third-order valence-corrected chi connectivity index (χ3v) is 3.72. The molecule has 0 amide bonds. The average molecular weight is 314 g/mol. The molecule has 2 rings (SSSR count). The molecule has 1 fully saturated rings. The Balaban J connectivity index is 2.17. The number of rotatable bonds is 5. The number of carbonyl (C=O) groups excluding carboxylic acids is 1. The second-order valence-corrected chi connectivity index (χ2v) is 5.18. The lowest BCUT2D eigenvalue weighted by atomic mass is 10.1. The number of methoxy groups -OCH3 is 2.